The summed E-state index contributed by atoms with van der Waals surface area (Å²) in [7, 11) is 1.61. The van der Waals surface area contributed by atoms with Crippen molar-refractivity contribution in [1.82, 2.24) is 9.78 Å². The van der Waals surface area contributed by atoms with Gasteiger partial charge < -0.3 is 9.47 Å². The van der Waals surface area contributed by atoms with Gasteiger partial charge in [0.2, 0.25) is 0 Å². The van der Waals surface area contributed by atoms with Crippen LogP contribution >= 0.6 is 0 Å². The van der Waals surface area contributed by atoms with Gasteiger partial charge in [-0.25, -0.2) is 4.68 Å². The van der Waals surface area contributed by atoms with Crippen LogP contribution in [0.1, 0.15) is 11.1 Å². The summed E-state index contributed by atoms with van der Waals surface area (Å²) in [6.07, 6.45) is 2.61. The first kappa shape index (κ1) is 20.3. The topological polar surface area (TPSA) is 56.2 Å². The Kier molecular flexibility index (Phi) is 6.03. The molecule has 0 amide bonds. The summed E-state index contributed by atoms with van der Waals surface area (Å²) >= 11 is 0. The van der Waals surface area contributed by atoms with E-state index in [0.29, 0.717) is 28.7 Å². The lowest BCUT2D eigenvalue weighted by molar-refractivity contribution is 0.297. The van der Waals surface area contributed by atoms with Gasteiger partial charge in [-0.2, -0.15) is 0 Å². The third-order valence-electron chi connectivity index (χ3n) is 5.01. The van der Waals surface area contributed by atoms with Gasteiger partial charge in [0.15, 0.2) is 11.5 Å². The van der Waals surface area contributed by atoms with E-state index in [2.05, 4.69) is 23.8 Å². The zero-order valence-corrected chi connectivity index (χ0v) is 17.4. The van der Waals surface area contributed by atoms with E-state index < -0.39 is 0 Å². The second kappa shape index (κ2) is 9.22. The summed E-state index contributed by atoms with van der Waals surface area (Å²) in [6, 6.07) is 25.2. The van der Waals surface area contributed by atoms with Crippen LogP contribution in [-0.4, -0.2) is 23.5 Å². The van der Waals surface area contributed by atoms with E-state index in [0.717, 1.165) is 17.7 Å². The molecule has 0 saturated carbocycles. The summed E-state index contributed by atoms with van der Waals surface area (Å²) in [4.78, 5) is 12.9. The molecule has 4 rings (SSSR count). The fourth-order valence-electron chi connectivity index (χ4n) is 3.39. The minimum Gasteiger partial charge on any atom is -0.493 e. The van der Waals surface area contributed by atoms with Crippen molar-refractivity contribution in [1.29, 1.82) is 0 Å². The Morgan fingerprint density at radius 2 is 1.68 bits per heavy atom. The molecule has 31 heavy (non-hydrogen) atoms. The zero-order chi connectivity index (χ0) is 21.6. The summed E-state index contributed by atoms with van der Waals surface area (Å²) in [5.74, 6) is 1.28. The molecule has 0 atom stereocenters. The van der Waals surface area contributed by atoms with Gasteiger partial charge in [0.05, 0.1) is 30.0 Å². The SMILES string of the molecule is C=c1[nH]n(-c2ccccc2)c(=O)/c1=C\c1ccc(OCCc2ccccc2)c(OC)c1. The van der Waals surface area contributed by atoms with Gasteiger partial charge in [-0.1, -0.05) is 61.2 Å². The van der Waals surface area contributed by atoms with E-state index >= 15 is 0 Å². The summed E-state index contributed by atoms with van der Waals surface area (Å²) < 4.78 is 12.9. The number of H-pyrrole nitrogens is 1. The first-order valence-corrected chi connectivity index (χ1v) is 10.1. The highest BCUT2D eigenvalue weighted by molar-refractivity contribution is 5.56. The van der Waals surface area contributed by atoms with Crippen LogP contribution < -0.4 is 25.6 Å². The number of aromatic amines is 1. The number of hydrogen-bond donors (Lipinski definition) is 1. The normalized spacial score (nSPS) is 11.5. The quantitative estimate of drug-likeness (QED) is 0.508. The van der Waals surface area contributed by atoms with E-state index in [1.807, 2.05) is 66.7 Å². The van der Waals surface area contributed by atoms with Crippen molar-refractivity contribution in [3.05, 3.63) is 111 Å². The summed E-state index contributed by atoms with van der Waals surface area (Å²) in [6.45, 7) is 4.54. The standard InChI is InChI=1S/C26H24N2O3/c1-19-23(26(29)28(27-19)22-11-7-4-8-12-22)17-21-13-14-24(25(18-21)30-2)31-16-15-20-9-5-3-6-10-20/h3-14,17-18,27H,1,15-16H2,2H3/b23-17-. The number of nitrogens with zero attached hydrogens (tertiary/aromatic N) is 1. The van der Waals surface area contributed by atoms with Crippen LogP contribution in [0.25, 0.3) is 18.3 Å². The Hall–Kier alpha value is -3.99. The van der Waals surface area contributed by atoms with E-state index in [1.54, 1.807) is 13.2 Å². The molecule has 0 radical (unpaired) electrons. The minimum atomic E-state index is -0.154. The van der Waals surface area contributed by atoms with Crippen LogP contribution in [0.2, 0.25) is 0 Å². The first-order chi connectivity index (χ1) is 15.2. The number of aromatic nitrogens is 2. The van der Waals surface area contributed by atoms with Crippen molar-refractivity contribution < 1.29 is 9.47 Å². The van der Waals surface area contributed by atoms with E-state index in [-0.39, 0.29) is 5.56 Å². The molecular weight excluding hydrogens is 388 g/mol. The Morgan fingerprint density at radius 1 is 0.968 bits per heavy atom. The van der Waals surface area contributed by atoms with Crippen molar-refractivity contribution in [2.75, 3.05) is 13.7 Å². The maximum Gasteiger partial charge on any atom is 0.279 e. The van der Waals surface area contributed by atoms with Crippen LogP contribution in [0, 0.1) is 0 Å². The predicted octanol–water partition coefficient (Wildman–Crippen LogP) is 3.03. The average Bonchev–Trinajstić information content (AvgIpc) is 3.09. The molecule has 1 N–H and O–H groups in total. The molecule has 3 aromatic carbocycles. The molecule has 4 aromatic rings. The molecule has 5 heteroatoms. The monoisotopic (exact) mass is 412 g/mol. The van der Waals surface area contributed by atoms with Gasteiger partial charge in [-0.15, -0.1) is 0 Å². The fraction of sp³-hybridized carbons (Fsp3) is 0.115. The van der Waals surface area contributed by atoms with E-state index in [9.17, 15) is 4.79 Å². The van der Waals surface area contributed by atoms with Gasteiger partial charge in [-0.3, -0.25) is 9.89 Å². The highest BCUT2D eigenvalue weighted by atomic mass is 16.5. The molecule has 156 valence electrons. The van der Waals surface area contributed by atoms with E-state index in [4.69, 9.17) is 9.47 Å². The Morgan fingerprint density at radius 3 is 2.39 bits per heavy atom. The average molecular weight is 412 g/mol. The van der Waals surface area contributed by atoms with Crippen LogP contribution in [0.15, 0.2) is 83.7 Å². The molecule has 1 aromatic heterocycles. The van der Waals surface area contributed by atoms with Gasteiger partial charge in [0, 0.05) is 6.42 Å². The molecule has 0 aliphatic heterocycles. The molecule has 1 heterocycles. The summed E-state index contributed by atoms with van der Waals surface area (Å²) in [5, 5.41) is 4.09. The maximum atomic E-state index is 12.9. The molecule has 0 aliphatic rings. The molecule has 0 spiro atoms. The third kappa shape index (κ3) is 4.61. The Labute approximate surface area is 180 Å². The van der Waals surface area contributed by atoms with Crippen LogP contribution in [0.3, 0.4) is 0 Å². The lowest BCUT2D eigenvalue weighted by Gasteiger charge is -2.11. The highest BCUT2D eigenvalue weighted by Crippen LogP contribution is 2.28. The van der Waals surface area contributed by atoms with Crippen LogP contribution in [0.4, 0.5) is 0 Å². The molecule has 0 fully saturated rings. The van der Waals surface area contributed by atoms with Crippen molar-refractivity contribution in [2.45, 2.75) is 6.42 Å². The minimum absolute atomic E-state index is 0.154. The molecular formula is C26H24N2O3. The van der Waals surface area contributed by atoms with Gasteiger partial charge in [-0.05, 0) is 41.5 Å². The number of nitrogens with one attached hydrogen (secondary N) is 1. The Balaban J connectivity index is 1.58. The van der Waals surface area contributed by atoms with Crippen LogP contribution in [-0.2, 0) is 6.42 Å². The predicted molar refractivity (Wildman–Crippen MR) is 123 cm³/mol. The Bertz CT molecular complexity index is 1320. The van der Waals surface area contributed by atoms with Gasteiger partial charge in [0.1, 0.15) is 0 Å². The fourth-order valence-corrected chi connectivity index (χ4v) is 3.39. The highest BCUT2D eigenvalue weighted by Gasteiger charge is 2.08. The second-order valence-electron chi connectivity index (χ2n) is 7.12. The van der Waals surface area contributed by atoms with Crippen molar-refractivity contribution in [3.63, 3.8) is 0 Å². The van der Waals surface area contributed by atoms with Crippen molar-refractivity contribution in [3.8, 4) is 17.2 Å². The van der Waals surface area contributed by atoms with Crippen molar-refractivity contribution >= 4 is 12.7 Å². The lowest BCUT2D eigenvalue weighted by atomic mass is 10.1. The molecule has 0 bridgehead atoms. The third-order valence-corrected chi connectivity index (χ3v) is 5.01. The number of para-hydroxylation sites is 1. The summed E-state index contributed by atoms with van der Waals surface area (Å²) in [5.41, 5.74) is 2.65. The zero-order valence-electron chi connectivity index (χ0n) is 17.4. The smallest absolute Gasteiger partial charge is 0.279 e. The maximum absolute atomic E-state index is 12.9. The number of rotatable bonds is 7. The number of ether oxygens (including phenoxy) is 2. The molecule has 0 saturated heterocycles. The second-order valence-corrected chi connectivity index (χ2v) is 7.12. The van der Waals surface area contributed by atoms with Crippen LogP contribution in [0.5, 0.6) is 11.5 Å². The molecule has 5 nitrogen and oxygen atoms in total. The number of methoxy groups -OCH3 is 1. The first-order valence-electron chi connectivity index (χ1n) is 10.1. The lowest BCUT2D eigenvalue weighted by Crippen LogP contribution is -2.33. The number of benzene rings is 3. The van der Waals surface area contributed by atoms with E-state index in [1.165, 1.54) is 10.2 Å². The van der Waals surface area contributed by atoms with Crippen molar-refractivity contribution in [2.24, 2.45) is 0 Å². The van der Waals surface area contributed by atoms with Gasteiger partial charge in [0.25, 0.3) is 5.56 Å². The number of hydrogen-bond acceptors (Lipinski definition) is 3. The molecule has 0 aliphatic carbocycles. The largest absolute Gasteiger partial charge is 0.493 e. The van der Waals surface area contributed by atoms with Gasteiger partial charge >= 0.3 is 0 Å². The molecule has 0 unspecified atom stereocenters.